The van der Waals surface area contributed by atoms with Crippen LogP contribution >= 0.6 is 0 Å². The zero-order chi connectivity index (χ0) is 42.0. The third kappa shape index (κ3) is 7.77. The summed E-state index contributed by atoms with van der Waals surface area (Å²) in [6, 6.07) is 65.5. The summed E-state index contributed by atoms with van der Waals surface area (Å²) in [6.07, 6.45) is 14.2. The molecule has 0 bridgehead atoms. The van der Waals surface area contributed by atoms with Crippen LogP contribution in [0.4, 0.5) is 0 Å². The number of aromatic nitrogens is 5. The minimum atomic E-state index is -0.709. The lowest BCUT2D eigenvalue weighted by molar-refractivity contribution is -0.697. The van der Waals surface area contributed by atoms with Crippen LogP contribution in [0.15, 0.2) is 225 Å². The average molecular weight is 801 g/mol. The van der Waals surface area contributed by atoms with Gasteiger partial charge in [-0.25, -0.2) is 4.57 Å². The first-order valence-corrected chi connectivity index (χ1v) is 21.2. The number of hydrogen-bond acceptors (Lipinski definition) is 2. The molecule has 0 saturated carbocycles. The van der Waals surface area contributed by atoms with E-state index in [0.29, 0.717) is 0 Å². The van der Waals surface area contributed by atoms with E-state index in [1.165, 1.54) is 0 Å². The highest BCUT2D eigenvalue weighted by molar-refractivity contribution is 5.53. The second kappa shape index (κ2) is 18.1. The molecule has 0 atom stereocenters. The van der Waals surface area contributed by atoms with Gasteiger partial charge in [-0.1, -0.05) is 219 Å². The van der Waals surface area contributed by atoms with Gasteiger partial charge in [0.25, 0.3) is 0 Å². The first kappa shape index (κ1) is 39.5. The number of hydrogen-bond donors (Lipinski definition) is 0. The standard InChI is InChI=1S/C57H46N5/c1-2-3-38-60-42-46(34-36-48-40-58-61(44-48)56(50-22-10-4-11-23-50,51-24-12-5-13-25-51)52-26-14-6-15-27-52)39-47(43-60)35-37-49-41-59-62(45-49)57(53-28-16-7-17-29-53,54-30-18-8-19-31-54)55-32-20-9-21-33-55/h4-33,39-45H,2-3,38H2,1H3/q+1. The van der Waals surface area contributed by atoms with Crippen LogP contribution in [0.25, 0.3) is 0 Å². The Balaban J connectivity index is 1.09. The molecule has 0 aliphatic carbocycles. The van der Waals surface area contributed by atoms with Crippen LogP contribution < -0.4 is 4.57 Å². The minimum absolute atomic E-state index is 0.709. The molecule has 0 saturated heterocycles. The fourth-order valence-electron chi connectivity index (χ4n) is 8.54. The Labute approximate surface area is 364 Å². The second-order valence-corrected chi connectivity index (χ2v) is 15.4. The maximum Gasteiger partial charge on any atom is 0.184 e. The first-order valence-electron chi connectivity index (χ1n) is 21.2. The molecule has 0 N–H and O–H groups in total. The van der Waals surface area contributed by atoms with E-state index in [4.69, 9.17) is 10.2 Å². The van der Waals surface area contributed by atoms with Gasteiger partial charge in [0, 0.05) is 18.8 Å². The number of nitrogens with zero attached hydrogens (tertiary/aromatic N) is 5. The summed E-state index contributed by atoms with van der Waals surface area (Å²) in [5, 5.41) is 10.0. The number of rotatable bonds is 11. The van der Waals surface area contributed by atoms with Crippen molar-refractivity contribution < 1.29 is 4.57 Å². The van der Waals surface area contributed by atoms with Gasteiger partial charge in [0.15, 0.2) is 12.4 Å². The van der Waals surface area contributed by atoms with E-state index < -0.39 is 11.1 Å². The van der Waals surface area contributed by atoms with E-state index >= 15 is 0 Å². The van der Waals surface area contributed by atoms with Crippen LogP contribution in [0.2, 0.25) is 0 Å². The SMILES string of the molecule is CCCC[n+]1cc(C#Cc2cnn(C(c3ccccc3)(c3ccccc3)c3ccccc3)c2)cc(C#Cc2cnn(C(c3ccccc3)(c3ccccc3)c3ccccc3)c2)c1. The van der Waals surface area contributed by atoms with Crippen molar-refractivity contribution in [3.8, 4) is 23.7 Å². The Kier molecular flexibility index (Phi) is 11.5. The van der Waals surface area contributed by atoms with Crippen molar-refractivity contribution in [1.82, 2.24) is 19.6 Å². The summed E-state index contributed by atoms with van der Waals surface area (Å²) < 4.78 is 6.33. The third-order valence-electron chi connectivity index (χ3n) is 11.4. The predicted molar refractivity (Wildman–Crippen MR) is 247 cm³/mol. The summed E-state index contributed by atoms with van der Waals surface area (Å²) in [5.74, 6) is 13.8. The van der Waals surface area contributed by atoms with Gasteiger partial charge < -0.3 is 0 Å². The molecule has 9 aromatic rings. The molecular weight excluding hydrogens is 755 g/mol. The van der Waals surface area contributed by atoms with E-state index in [1.54, 1.807) is 0 Å². The normalized spacial score (nSPS) is 11.2. The minimum Gasteiger partial charge on any atom is -0.252 e. The Morgan fingerprint density at radius 2 is 0.710 bits per heavy atom. The van der Waals surface area contributed by atoms with Crippen molar-refractivity contribution in [3.05, 3.63) is 281 Å². The van der Waals surface area contributed by atoms with Crippen molar-refractivity contribution in [2.75, 3.05) is 0 Å². The van der Waals surface area contributed by atoms with Crippen molar-refractivity contribution in [2.45, 2.75) is 37.4 Å². The predicted octanol–water partition coefficient (Wildman–Crippen LogP) is 10.6. The van der Waals surface area contributed by atoms with Gasteiger partial charge in [0.05, 0.1) is 34.6 Å². The molecule has 298 valence electrons. The molecule has 62 heavy (non-hydrogen) atoms. The Morgan fingerprint density at radius 1 is 0.419 bits per heavy atom. The molecule has 3 aromatic heterocycles. The van der Waals surface area contributed by atoms with E-state index in [2.05, 4.69) is 257 Å². The van der Waals surface area contributed by atoms with E-state index in [1.807, 2.05) is 12.4 Å². The van der Waals surface area contributed by atoms with Gasteiger partial charge in [0.1, 0.15) is 17.6 Å². The number of benzene rings is 6. The van der Waals surface area contributed by atoms with Crippen LogP contribution in [0.1, 0.15) is 75.4 Å². The molecule has 0 aliphatic heterocycles. The van der Waals surface area contributed by atoms with Crippen molar-refractivity contribution in [3.63, 3.8) is 0 Å². The molecule has 3 heterocycles. The van der Waals surface area contributed by atoms with Gasteiger partial charge in [-0.15, -0.1) is 0 Å². The monoisotopic (exact) mass is 800 g/mol. The first-order chi connectivity index (χ1) is 30.7. The summed E-state index contributed by atoms with van der Waals surface area (Å²) in [7, 11) is 0. The second-order valence-electron chi connectivity index (χ2n) is 15.4. The zero-order valence-electron chi connectivity index (χ0n) is 34.7. The van der Waals surface area contributed by atoms with E-state index in [9.17, 15) is 0 Å². The van der Waals surface area contributed by atoms with Crippen molar-refractivity contribution in [1.29, 1.82) is 0 Å². The number of pyridine rings is 1. The fraction of sp³-hybridized carbons (Fsp3) is 0.105. The van der Waals surface area contributed by atoms with Crippen LogP contribution in [-0.4, -0.2) is 19.6 Å². The summed E-state index contributed by atoms with van der Waals surface area (Å²) >= 11 is 0. The van der Waals surface area contributed by atoms with Crippen molar-refractivity contribution in [2.24, 2.45) is 0 Å². The lowest BCUT2D eigenvalue weighted by Crippen LogP contribution is -2.38. The lowest BCUT2D eigenvalue weighted by atomic mass is 9.77. The lowest BCUT2D eigenvalue weighted by Gasteiger charge is -2.36. The molecule has 0 spiro atoms. The molecule has 0 amide bonds. The topological polar surface area (TPSA) is 39.5 Å². The molecular formula is C57H46N5+. The highest BCUT2D eigenvalue weighted by atomic mass is 15.3. The van der Waals surface area contributed by atoms with Crippen LogP contribution in [0.5, 0.6) is 0 Å². The van der Waals surface area contributed by atoms with Crippen molar-refractivity contribution >= 4 is 0 Å². The van der Waals surface area contributed by atoms with E-state index in [0.717, 1.165) is 75.0 Å². The maximum absolute atomic E-state index is 5.02. The molecule has 9 rings (SSSR count). The molecule has 0 radical (unpaired) electrons. The third-order valence-corrected chi connectivity index (χ3v) is 11.4. The molecule has 0 aliphatic rings. The Bertz CT molecular complexity index is 2590. The fourth-order valence-corrected chi connectivity index (χ4v) is 8.54. The number of aryl methyl sites for hydroxylation is 1. The Hall–Kier alpha value is -7.99. The summed E-state index contributed by atoms with van der Waals surface area (Å²) in [5.41, 5.74) is 8.65. The number of unbranched alkanes of at least 4 members (excludes halogenated alkanes) is 1. The largest absolute Gasteiger partial charge is 0.252 e. The smallest absolute Gasteiger partial charge is 0.184 e. The van der Waals surface area contributed by atoms with E-state index in [-0.39, 0.29) is 0 Å². The van der Waals surface area contributed by atoms with Gasteiger partial charge in [-0.2, -0.15) is 10.2 Å². The summed E-state index contributed by atoms with van der Waals surface area (Å²) in [4.78, 5) is 0. The molecule has 5 nitrogen and oxygen atoms in total. The van der Waals surface area contributed by atoms with Gasteiger partial charge in [-0.3, -0.25) is 9.36 Å². The highest BCUT2D eigenvalue weighted by Crippen LogP contribution is 2.41. The van der Waals surface area contributed by atoms with Crippen LogP contribution in [0, 0.1) is 23.7 Å². The maximum atomic E-state index is 5.02. The molecule has 5 heteroatoms. The average Bonchev–Trinajstić information content (AvgIpc) is 4.03. The summed E-state index contributed by atoms with van der Waals surface area (Å²) in [6.45, 7) is 3.08. The quantitative estimate of drug-likeness (QED) is 0.0743. The van der Waals surface area contributed by atoms with Gasteiger partial charge in [0.2, 0.25) is 0 Å². The van der Waals surface area contributed by atoms with Gasteiger partial charge >= 0.3 is 0 Å². The van der Waals surface area contributed by atoms with Gasteiger partial charge in [-0.05, 0) is 39.4 Å². The molecule has 0 unspecified atom stereocenters. The highest BCUT2D eigenvalue weighted by Gasteiger charge is 2.40. The Morgan fingerprint density at radius 3 is 1.00 bits per heavy atom. The molecule has 6 aromatic carbocycles. The van der Waals surface area contributed by atoms with Crippen LogP contribution in [0.3, 0.4) is 0 Å². The zero-order valence-corrected chi connectivity index (χ0v) is 34.7. The molecule has 0 fully saturated rings. The van der Waals surface area contributed by atoms with Crippen LogP contribution in [-0.2, 0) is 17.6 Å².